The number of likely N-dealkylation sites (tertiary alicyclic amines) is 1. The molecule has 1 aliphatic carbocycles. The van der Waals surface area contributed by atoms with Gasteiger partial charge < -0.3 is 15.1 Å². The van der Waals surface area contributed by atoms with Gasteiger partial charge in [0.2, 0.25) is 11.9 Å². The average molecular weight is 424 g/mol. The van der Waals surface area contributed by atoms with E-state index in [1.165, 1.54) is 5.56 Å². The van der Waals surface area contributed by atoms with Crippen molar-refractivity contribution in [2.45, 2.75) is 77.2 Å². The van der Waals surface area contributed by atoms with Gasteiger partial charge in [-0.2, -0.15) is 10.1 Å². The van der Waals surface area contributed by atoms with Crippen LogP contribution in [0.1, 0.15) is 75.2 Å². The number of aromatic amines is 1. The molecule has 0 bridgehead atoms. The summed E-state index contributed by atoms with van der Waals surface area (Å²) in [6, 6.07) is 1.92. The molecule has 0 unspecified atom stereocenters. The maximum Gasteiger partial charge on any atom is 0.245 e. The van der Waals surface area contributed by atoms with Gasteiger partial charge in [0.05, 0.1) is 5.69 Å². The number of fused-ring (bicyclic) bond motifs is 1. The molecule has 2 saturated heterocycles. The molecular weight excluding hydrogens is 390 g/mol. The summed E-state index contributed by atoms with van der Waals surface area (Å²) in [6.45, 7) is 6.90. The number of anilines is 3. The Hall–Kier alpha value is -2.64. The summed E-state index contributed by atoms with van der Waals surface area (Å²) >= 11 is 0. The highest BCUT2D eigenvalue weighted by atomic mass is 16.2. The van der Waals surface area contributed by atoms with Crippen molar-refractivity contribution in [3.63, 3.8) is 0 Å². The zero-order chi connectivity index (χ0) is 21.4. The molecule has 0 aromatic carbocycles. The number of H-pyrrole nitrogens is 1. The molecule has 166 valence electrons. The Kier molecular flexibility index (Phi) is 5.54. The normalized spacial score (nSPS) is 21.1. The van der Waals surface area contributed by atoms with Gasteiger partial charge in [-0.1, -0.05) is 13.8 Å². The van der Waals surface area contributed by atoms with Crippen LogP contribution in [0.2, 0.25) is 0 Å². The lowest BCUT2D eigenvalue weighted by Gasteiger charge is -2.29. The lowest BCUT2D eigenvalue weighted by Crippen LogP contribution is -2.45. The highest BCUT2D eigenvalue weighted by molar-refractivity contribution is 5.85. The van der Waals surface area contributed by atoms with E-state index >= 15 is 0 Å². The van der Waals surface area contributed by atoms with Gasteiger partial charge in [-0.05, 0) is 57.3 Å². The number of carbonyl (C=O) groups excluding carboxylic acids is 1. The van der Waals surface area contributed by atoms with Crippen LogP contribution < -0.4 is 10.2 Å². The number of nitrogens with zero attached hydrogens (tertiary/aromatic N) is 5. The van der Waals surface area contributed by atoms with Crippen LogP contribution in [0.15, 0.2) is 6.07 Å². The van der Waals surface area contributed by atoms with Gasteiger partial charge in [-0.3, -0.25) is 9.89 Å². The van der Waals surface area contributed by atoms with Crippen LogP contribution in [0, 0.1) is 0 Å². The van der Waals surface area contributed by atoms with Crippen molar-refractivity contribution in [3.05, 3.63) is 23.0 Å². The number of rotatable bonds is 5. The second-order valence-corrected chi connectivity index (χ2v) is 9.38. The number of aromatic nitrogens is 4. The summed E-state index contributed by atoms with van der Waals surface area (Å²) in [5.74, 6) is 2.96. The minimum absolute atomic E-state index is 0.134. The van der Waals surface area contributed by atoms with E-state index in [1.54, 1.807) is 0 Å². The Balaban J connectivity index is 1.45. The second-order valence-electron chi connectivity index (χ2n) is 9.38. The van der Waals surface area contributed by atoms with Crippen LogP contribution in [0.4, 0.5) is 17.6 Å². The number of amides is 1. The Morgan fingerprint density at radius 1 is 1.10 bits per heavy atom. The Morgan fingerprint density at radius 3 is 2.68 bits per heavy atom. The molecule has 2 N–H and O–H groups in total. The Bertz CT molecular complexity index is 947. The minimum Gasteiger partial charge on any atom is -0.341 e. The first-order valence-corrected chi connectivity index (χ1v) is 11.9. The summed E-state index contributed by atoms with van der Waals surface area (Å²) in [7, 11) is 0. The van der Waals surface area contributed by atoms with Crippen molar-refractivity contribution in [1.82, 2.24) is 25.1 Å². The molecule has 2 aromatic heterocycles. The highest BCUT2D eigenvalue weighted by Gasteiger charge is 2.36. The van der Waals surface area contributed by atoms with Gasteiger partial charge in [0, 0.05) is 37.0 Å². The molecule has 2 aromatic rings. The molecule has 3 aliphatic rings. The molecule has 8 nitrogen and oxygen atoms in total. The van der Waals surface area contributed by atoms with E-state index in [-0.39, 0.29) is 11.9 Å². The molecule has 0 spiro atoms. The van der Waals surface area contributed by atoms with E-state index in [2.05, 4.69) is 40.3 Å². The summed E-state index contributed by atoms with van der Waals surface area (Å²) in [5.41, 5.74) is 3.42. The van der Waals surface area contributed by atoms with Crippen molar-refractivity contribution in [1.29, 1.82) is 0 Å². The lowest BCUT2D eigenvalue weighted by atomic mass is 9.96. The van der Waals surface area contributed by atoms with Gasteiger partial charge in [0.25, 0.3) is 0 Å². The Labute approximate surface area is 183 Å². The predicted molar refractivity (Wildman–Crippen MR) is 121 cm³/mol. The molecule has 31 heavy (non-hydrogen) atoms. The summed E-state index contributed by atoms with van der Waals surface area (Å²) < 4.78 is 0. The molecule has 1 atom stereocenters. The molecule has 0 radical (unpaired) electrons. The summed E-state index contributed by atoms with van der Waals surface area (Å²) in [5, 5.41) is 11.0. The van der Waals surface area contributed by atoms with Crippen LogP contribution in [-0.4, -0.2) is 56.6 Å². The number of hydrogen-bond donors (Lipinski definition) is 2. The third-order valence-corrected chi connectivity index (χ3v) is 6.85. The fourth-order valence-electron chi connectivity index (χ4n) is 5.04. The maximum absolute atomic E-state index is 13.2. The van der Waals surface area contributed by atoms with Gasteiger partial charge in [-0.25, -0.2) is 4.98 Å². The van der Waals surface area contributed by atoms with E-state index < -0.39 is 0 Å². The number of carbonyl (C=O) groups is 1. The monoisotopic (exact) mass is 423 g/mol. The predicted octanol–water partition coefficient (Wildman–Crippen LogP) is 3.54. The first-order chi connectivity index (χ1) is 15.1. The lowest BCUT2D eigenvalue weighted by molar-refractivity contribution is -0.131. The van der Waals surface area contributed by atoms with E-state index in [4.69, 9.17) is 9.97 Å². The molecule has 8 heteroatoms. The van der Waals surface area contributed by atoms with Crippen LogP contribution in [0.3, 0.4) is 0 Å². The van der Waals surface area contributed by atoms with Crippen molar-refractivity contribution in [2.24, 2.45) is 0 Å². The smallest absolute Gasteiger partial charge is 0.245 e. The van der Waals surface area contributed by atoms with Crippen molar-refractivity contribution in [3.8, 4) is 0 Å². The van der Waals surface area contributed by atoms with E-state index in [0.717, 1.165) is 94.0 Å². The van der Waals surface area contributed by atoms with Crippen LogP contribution in [-0.2, 0) is 17.6 Å². The Morgan fingerprint density at radius 2 is 1.90 bits per heavy atom. The zero-order valence-electron chi connectivity index (χ0n) is 18.7. The third kappa shape index (κ3) is 4.00. The first-order valence-electron chi connectivity index (χ1n) is 11.9. The molecule has 5 rings (SSSR count). The fraction of sp³-hybridized carbons (Fsp3) is 0.652. The zero-order valence-corrected chi connectivity index (χ0v) is 18.7. The fourth-order valence-corrected chi connectivity index (χ4v) is 5.04. The van der Waals surface area contributed by atoms with Crippen molar-refractivity contribution < 1.29 is 4.79 Å². The molecule has 1 amide bonds. The molecular formula is C23H33N7O. The van der Waals surface area contributed by atoms with Gasteiger partial charge in [0.1, 0.15) is 11.9 Å². The van der Waals surface area contributed by atoms with Crippen molar-refractivity contribution in [2.75, 3.05) is 29.9 Å². The van der Waals surface area contributed by atoms with E-state index in [0.29, 0.717) is 11.9 Å². The SMILES string of the molecule is CC(C)c1cc(Nc2nc(N3CCC[C@@H]3C(=O)N3CCCC3)nc3c2CCCC3)n[nH]1. The molecule has 0 saturated carbocycles. The van der Waals surface area contributed by atoms with E-state index in [9.17, 15) is 4.79 Å². The highest BCUT2D eigenvalue weighted by Crippen LogP contribution is 2.32. The van der Waals surface area contributed by atoms with Gasteiger partial charge in [0.15, 0.2) is 5.82 Å². The van der Waals surface area contributed by atoms with Gasteiger partial charge >= 0.3 is 0 Å². The average Bonchev–Trinajstić information content (AvgIpc) is 3.54. The minimum atomic E-state index is -0.134. The molecule has 2 fully saturated rings. The molecule has 2 aliphatic heterocycles. The standard InChI is InChI=1S/C23H33N7O/c1-15(2)18-14-20(28-27-18)25-21-16-8-3-4-9-17(16)24-23(26-21)30-13-7-10-19(30)22(31)29-11-5-6-12-29/h14-15,19H,3-13H2,1-2H3,(H2,24,25,26,27,28)/t19-/m1/s1. The first kappa shape index (κ1) is 20.3. The maximum atomic E-state index is 13.2. The summed E-state index contributed by atoms with van der Waals surface area (Å²) in [4.78, 5) is 27.3. The topological polar surface area (TPSA) is 90.0 Å². The largest absolute Gasteiger partial charge is 0.341 e. The number of hydrogen-bond acceptors (Lipinski definition) is 6. The van der Waals surface area contributed by atoms with E-state index in [1.807, 2.05) is 4.90 Å². The van der Waals surface area contributed by atoms with Crippen LogP contribution >= 0.6 is 0 Å². The van der Waals surface area contributed by atoms with Gasteiger partial charge in [-0.15, -0.1) is 0 Å². The van der Waals surface area contributed by atoms with Crippen LogP contribution in [0.25, 0.3) is 0 Å². The quantitative estimate of drug-likeness (QED) is 0.765. The molecule has 4 heterocycles. The second kappa shape index (κ2) is 8.48. The number of aryl methyl sites for hydroxylation is 1. The number of nitrogens with one attached hydrogen (secondary N) is 2. The van der Waals surface area contributed by atoms with Crippen molar-refractivity contribution >= 4 is 23.5 Å². The van der Waals surface area contributed by atoms with Crippen LogP contribution in [0.5, 0.6) is 0 Å². The summed E-state index contributed by atoms with van der Waals surface area (Å²) in [6.07, 6.45) is 8.38. The third-order valence-electron chi connectivity index (χ3n) is 6.85.